The average Bonchev–Trinajstić information content (AvgIpc) is 2.82. The number of rotatable bonds is 2. The van der Waals surface area contributed by atoms with Crippen LogP contribution in [-0.2, 0) is 6.18 Å². The minimum Gasteiger partial charge on any atom is -0.339 e. The standard InChI is InChI=1S/C16H18F4N2O/c1-22(14-7-12-2-3-13(8-14)21-12)15(23)9-4-10(16(18,19)20)6-11(17)5-9/h4-6,12-14,21H,2-3,7-8H2,1H3/t12-,13+,14?. The number of nitrogens with one attached hydrogen (secondary N) is 1. The molecule has 3 rings (SSSR count). The number of carbonyl (C=O) groups excluding carboxylic acids is 1. The molecular weight excluding hydrogens is 312 g/mol. The summed E-state index contributed by atoms with van der Waals surface area (Å²) in [6.07, 6.45) is -1.01. The van der Waals surface area contributed by atoms with E-state index in [1.165, 1.54) is 4.90 Å². The van der Waals surface area contributed by atoms with Gasteiger partial charge >= 0.3 is 6.18 Å². The summed E-state index contributed by atoms with van der Waals surface area (Å²) in [5.74, 6) is -1.62. The Bertz CT molecular complexity index is 605. The van der Waals surface area contributed by atoms with Gasteiger partial charge in [-0.25, -0.2) is 4.39 Å². The topological polar surface area (TPSA) is 32.3 Å². The fourth-order valence-electron chi connectivity index (χ4n) is 3.59. The van der Waals surface area contributed by atoms with Crippen molar-refractivity contribution in [1.29, 1.82) is 0 Å². The summed E-state index contributed by atoms with van der Waals surface area (Å²) in [5, 5.41) is 3.45. The predicted octanol–water partition coefficient (Wildman–Crippen LogP) is 3.20. The first kappa shape index (κ1) is 16.2. The van der Waals surface area contributed by atoms with Gasteiger partial charge in [-0.05, 0) is 43.9 Å². The van der Waals surface area contributed by atoms with E-state index >= 15 is 0 Å². The van der Waals surface area contributed by atoms with Crippen molar-refractivity contribution in [3.8, 4) is 0 Å². The molecule has 126 valence electrons. The molecule has 0 radical (unpaired) electrons. The average molecular weight is 330 g/mol. The SMILES string of the molecule is CN(C(=O)c1cc(F)cc(C(F)(F)F)c1)C1C[C@H]2CC[C@@H](C1)N2. The van der Waals surface area contributed by atoms with E-state index in [9.17, 15) is 22.4 Å². The lowest BCUT2D eigenvalue weighted by molar-refractivity contribution is -0.137. The Morgan fingerprint density at radius 3 is 2.35 bits per heavy atom. The van der Waals surface area contributed by atoms with Crippen LogP contribution < -0.4 is 5.32 Å². The summed E-state index contributed by atoms with van der Waals surface area (Å²) >= 11 is 0. The number of nitrogens with zero attached hydrogens (tertiary/aromatic N) is 1. The van der Waals surface area contributed by atoms with Crippen LogP contribution in [0.3, 0.4) is 0 Å². The van der Waals surface area contributed by atoms with Crippen molar-refractivity contribution in [2.75, 3.05) is 7.05 Å². The number of halogens is 4. The van der Waals surface area contributed by atoms with Gasteiger partial charge < -0.3 is 10.2 Å². The number of carbonyl (C=O) groups is 1. The van der Waals surface area contributed by atoms with Crippen molar-refractivity contribution >= 4 is 5.91 Å². The van der Waals surface area contributed by atoms with Crippen LogP contribution in [0.15, 0.2) is 18.2 Å². The van der Waals surface area contributed by atoms with Gasteiger partial charge in [-0.15, -0.1) is 0 Å². The molecule has 2 aliphatic rings. The van der Waals surface area contributed by atoms with Crippen LogP contribution in [0.4, 0.5) is 17.6 Å². The maximum Gasteiger partial charge on any atom is 0.416 e. The molecule has 2 bridgehead atoms. The largest absolute Gasteiger partial charge is 0.416 e. The highest BCUT2D eigenvalue weighted by Gasteiger charge is 2.37. The van der Waals surface area contributed by atoms with Crippen LogP contribution >= 0.6 is 0 Å². The van der Waals surface area contributed by atoms with E-state index in [1.807, 2.05) is 0 Å². The van der Waals surface area contributed by atoms with Crippen molar-refractivity contribution < 1.29 is 22.4 Å². The normalized spacial score (nSPS) is 27.1. The summed E-state index contributed by atoms with van der Waals surface area (Å²) in [6, 6.07) is 2.67. The van der Waals surface area contributed by atoms with Crippen molar-refractivity contribution in [2.24, 2.45) is 0 Å². The molecule has 1 aromatic rings. The van der Waals surface area contributed by atoms with Crippen molar-refractivity contribution in [3.05, 3.63) is 35.1 Å². The Balaban J connectivity index is 1.81. The van der Waals surface area contributed by atoms with Crippen molar-refractivity contribution in [3.63, 3.8) is 0 Å². The van der Waals surface area contributed by atoms with Gasteiger partial charge in [-0.3, -0.25) is 4.79 Å². The molecule has 0 aliphatic carbocycles. The fourth-order valence-corrected chi connectivity index (χ4v) is 3.59. The third-order valence-electron chi connectivity index (χ3n) is 4.79. The lowest BCUT2D eigenvalue weighted by Gasteiger charge is -2.35. The molecule has 3 nitrogen and oxygen atoms in total. The minimum atomic E-state index is -4.68. The third-order valence-corrected chi connectivity index (χ3v) is 4.79. The van der Waals surface area contributed by atoms with Crippen molar-refractivity contribution in [1.82, 2.24) is 10.2 Å². The molecule has 1 N–H and O–H groups in total. The zero-order valence-electron chi connectivity index (χ0n) is 12.7. The van der Waals surface area contributed by atoms with E-state index in [0.717, 1.165) is 37.8 Å². The van der Waals surface area contributed by atoms with E-state index in [1.54, 1.807) is 7.05 Å². The molecule has 2 saturated heterocycles. The Morgan fingerprint density at radius 1 is 1.17 bits per heavy atom. The molecule has 2 aliphatic heterocycles. The Labute approximate surface area is 131 Å². The van der Waals surface area contributed by atoms with Gasteiger partial charge in [0.25, 0.3) is 5.91 Å². The Morgan fingerprint density at radius 2 is 1.78 bits per heavy atom. The molecule has 1 unspecified atom stereocenters. The predicted molar refractivity (Wildman–Crippen MR) is 76.5 cm³/mol. The molecule has 0 aromatic heterocycles. The first-order valence-corrected chi connectivity index (χ1v) is 7.65. The summed E-state index contributed by atoms with van der Waals surface area (Å²) in [7, 11) is 1.58. The van der Waals surface area contributed by atoms with Crippen molar-refractivity contribution in [2.45, 2.75) is 50.0 Å². The fraction of sp³-hybridized carbons (Fsp3) is 0.562. The zero-order valence-corrected chi connectivity index (χ0v) is 12.7. The van der Waals surface area contributed by atoms with Crippen LogP contribution in [0.25, 0.3) is 0 Å². The second kappa shape index (κ2) is 5.78. The second-order valence-corrected chi connectivity index (χ2v) is 6.41. The number of piperidine rings is 1. The highest BCUT2D eigenvalue weighted by atomic mass is 19.4. The Kier molecular flexibility index (Phi) is 4.08. The molecule has 2 fully saturated rings. The lowest BCUT2D eigenvalue weighted by Crippen LogP contribution is -2.48. The molecule has 7 heteroatoms. The quantitative estimate of drug-likeness (QED) is 0.845. The highest BCUT2D eigenvalue weighted by molar-refractivity contribution is 5.94. The number of hydrogen-bond donors (Lipinski definition) is 1. The molecule has 3 atom stereocenters. The van der Waals surface area contributed by atoms with Crippen LogP contribution in [0.2, 0.25) is 0 Å². The van der Waals surface area contributed by atoms with E-state index in [4.69, 9.17) is 0 Å². The van der Waals surface area contributed by atoms with Gasteiger partial charge in [-0.2, -0.15) is 13.2 Å². The molecule has 1 aromatic carbocycles. The van der Waals surface area contributed by atoms with Crippen LogP contribution in [0.1, 0.15) is 41.6 Å². The second-order valence-electron chi connectivity index (χ2n) is 6.41. The van der Waals surface area contributed by atoms with Gasteiger partial charge in [0.15, 0.2) is 0 Å². The molecule has 23 heavy (non-hydrogen) atoms. The van der Waals surface area contributed by atoms with E-state index in [0.29, 0.717) is 18.2 Å². The number of fused-ring (bicyclic) bond motifs is 2. The van der Waals surface area contributed by atoms with Gasteiger partial charge in [0.2, 0.25) is 0 Å². The number of hydrogen-bond acceptors (Lipinski definition) is 2. The van der Waals surface area contributed by atoms with E-state index in [2.05, 4.69) is 5.32 Å². The third kappa shape index (κ3) is 3.34. The van der Waals surface area contributed by atoms with Gasteiger partial charge in [0.1, 0.15) is 5.82 Å². The van der Waals surface area contributed by atoms with Gasteiger partial charge in [0, 0.05) is 30.7 Å². The number of benzene rings is 1. The maximum atomic E-state index is 13.5. The summed E-state index contributed by atoms with van der Waals surface area (Å²) in [6.45, 7) is 0. The van der Waals surface area contributed by atoms with Gasteiger partial charge in [-0.1, -0.05) is 0 Å². The highest BCUT2D eigenvalue weighted by Crippen LogP contribution is 2.32. The molecular formula is C16H18F4N2O. The van der Waals surface area contributed by atoms with Gasteiger partial charge in [0.05, 0.1) is 5.56 Å². The lowest BCUT2D eigenvalue weighted by atomic mass is 9.97. The maximum absolute atomic E-state index is 13.5. The van der Waals surface area contributed by atoms with E-state index < -0.39 is 23.5 Å². The van der Waals surface area contributed by atoms with Crippen LogP contribution in [0, 0.1) is 5.82 Å². The molecule has 1 amide bonds. The Hall–Kier alpha value is -1.63. The van der Waals surface area contributed by atoms with Crippen LogP contribution in [-0.4, -0.2) is 36.0 Å². The summed E-state index contributed by atoms with van der Waals surface area (Å²) in [4.78, 5) is 13.9. The summed E-state index contributed by atoms with van der Waals surface area (Å²) < 4.78 is 51.8. The van der Waals surface area contributed by atoms with E-state index in [-0.39, 0.29) is 11.6 Å². The smallest absolute Gasteiger partial charge is 0.339 e. The molecule has 0 saturated carbocycles. The first-order chi connectivity index (χ1) is 10.7. The molecule has 0 spiro atoms. The minimum absolute atomic E-state index is 0.0288. The first-order valence-electron chi connectivity index (χ1n) is 7.65. The summed E-state index contributed by atoms with van der Waals surface area (Å²) in [5.41, 5.74) is -1.40. The number of amides is 1. The zero-order chi connectivity index (χ0) is 16.8. The van der Waals surface area contributed by atoms with Crippen LogP contribution in [0.5, 0.6) is 0 Å². The molecule has 2 heterocycles. The monoisotopic (exact) mass is 330 g/mol. The number of alkyl halides is 3.